The third-order valence-electron chi connectivity index (χ3n) is 3.48. The van der Waals surface area contributed by atoms with Crippen LogP contribution in [0.25, 0.3) is 6.08 Å². The van der Waals surface area contributed by atoms with Gasteiger partial charge in [-0.2, -0.15) is 0 Å². The predicted octanol–water partition coefficient (Wildman–Crippen LogP) is 5.50. The van der Waals surface area contributed by atoms with E-state index in [0.29, 0.717) is 20.1 Å². The zero-order valence-electron chi connectivity index (χ0n) is 13.1. The van der Waals surface area contributed by atoms with Gasteiger partial charge in [-0.15, -0.1) is 0 Å². The first-order chi connectivity index (χ1) is 11.4. The average Bonchev–Trinajstić information content (AvgIpc) is 2.86. The Labute approximate surface area is 154 Å². The van der Waals surface area contributed by atoms with E-state index < -0.39 is 0 Å². The topological polar surface area (TPSA) is 41.5 Å². The van der Waals surface area contributed by atoms with E-state index in [0.717, 1.165) is 22.4 Å². The fraction of sp³-hybridized carbons (Fsp3) is 0.111. The summed E-state index contributed by atoms with van der Waals surface area (Å²) in [6, 6.07) is 11.3. The molecule has 1 aliphatic rings. The number of halogens is 2. The highest BCUT2D eigenvalue weighted by molar-refractivity contribution is 8.18. The smallest absolute Gasteiger partial charge is 0.264 e. The van der Waals surface area contributed by atoms with Crippen molar-refractivity contribution in [2.45, 2.75) is 13.8 Å². The van der Waals surface area contributed by atoms with Crippen molar-refractivity contribution in [2.75, 3.05) is 0 Å². The maximum Gasteiger partial charge on any atom is 0.264 e. The van der Waals surface area contributed by atoms with E-state index in [1.54, 1.807) is 18.2 Å². The van der Waals surface area contributed by atoms with E-state index >= 15 is 0 Å². The van der Waals surface area contributed by atoms with Crippen LogP contribution in [0.2, 0.25) is 10.0 Å². The van der Waals surface area contributed by atoms with E-state index in [9.17, 15) is 4.79 Å². The molecule has 0 aliphatic carbocycles. The van der Waals surface area contributed by atoms with Gasteiger partial charge < -0.3 is 5.32 Å². The number of hydrogen-bond acceptors (Lipinski definition) is 3. The summed E-state index contributed by atoms with van der Waals surface area (Å²) in [4.78, 5) is 17.3. The van der Waals surface area contributed by atoms with Gasteiger partial charge in [0.2, 0.25) is 0 Å². The van der Waals surface area contributed by atoms with E-state index in [1.165, 1.54) is 11.8 Å². The van der Waals surface area contributed by atoms with Crippen LogP contribution in [0.4, 0.5) is 5.69 Å². The summed E-state index contributed by atoms with van der Waals surface area (Å²) in [5, 5.41) is 4.30. The molecule has 3 nitrogen and oxygen atoms in total. The minimum absolute atomic E-state index is 0.171. The number of amidine groups is 1. The monoisotopic (exact) mass is 376 g/mol. The molecule has 1 N–H and O–H groups in total. The molecule has 24 heavy (non-hydrogen) atoms. The van der Waals surface area contributed by atoms with Gasteiger partial charge in [0.25, 0.3) is 5.91 Å². The summed E-state index contributed by atoms with van der Waals surface area (Å²) in [6.45, 7) is 4.01. The molecular weight excluding hydrogens is 363 g/mol. The quantitative estimate of drug-likeness (QED) is 0.702. The Morgan fingerprint density at radius 3 is 2.62 bits per heavy atom. The number of carbonyl (C=O) groups excluding carboxylic acids is 1. The second-order valence-corrected chi connectivity index (χ2v) is 7.29. The molecule has 1 fully saturated rings. The first-order valence-electron chi connectivity index (χ1n) is 7.24. The Morgan fingerprint density at radius 2 is 1.88 bits per heavy atom. The maximum absolute atomic E-state index is 12.1. The van der Waals surface area contributed by atoms with Crippen molar-refractivity contribution in [3.63, 3.8) is 0 Å². The molecule has 0 aromatic heterocycles. The van der Waals surface area contributed by atoms with E-state index in [-0.39, 0.29) is 5.91 Å². The number of aryl methyl sites for hydroxylation is 2. The highest BCUT2D eigenvalue weighted by atomic mass is 35.5. The number of aliphatic imine (C=N–C) groups is 1. The SMILES string of the molecule is Cc1ccc(C)c(N=C2NC(=O)/C(=C\c3ccc(Cl)c(Cl)c3)S2)c1. The largest absolute Gasteiger partial charge is 0.300 e. The lowest BCUT2D eigenvalue weighted by Crippen LogP contribution is -2.19. The van der Waals surface area contributed by atoms with Crippen LogP contribution >= 0.6 is 35.0 Å². The van der Waals surface area contributed by atoms with Crippen molar-refractivity contribution in [2.24, 2.45) is 4.99 Å². The van der Waals surface area contributed by atoms with Gasteiger partial charge in [0, 0.05) is 0 Å². The molecule has 0 radical (unpaired) electrons. The van der Waals surface area contributed by atoms with Gasteiger partial charge in [-0.1, -0.05) is 41.4 Å². The molecule has 6 heteroatoms. The number of hydrogen-bond donors (Lipinski definition) is 1. The molecule has 3 rings (SSSR count). The van der Waals surface area contributed by atoms with Crippen LogP contribution < -0.4 is 5.32 Å². The summed E-state index contributed by atoms with van der Waals surface area (Å²) in [5.41, 5.74) is 3.86. The zero-order valence-corrected chi connectivity index (χ0v) is 15.4. The Hall–Kier alpha value is -1.75. The van der Waals surface area contributed by atoms with Gasteiger partial charge in [-0.05, 0) is 66.6 Å². The van der Waals surface area contributed by atoms with Crippen molar-refractivity contribution >= 4 is 57.8 Å². The minimum Gasteiger partial charge on any atom is -0.300 e. The van der Waals surface area contributed by atoms with Gasteiger partial charge in [-0.25, -0.2) is 4.99 Å². The molecule has 1 aliphatic heterocycles. The summed E-state index contributed by atoms with van der Waals surface area (Å²) in [7, 11) is 0. The van der Waals surface area contributed by atoms with Gasteiger partial charge in [0.05, 0.1) is 20.6 Å². The minimum atomic E-state index is -0.171. The Morgan fingerprint density at radius 1 is 1.08 bits per heavy atom. The number of thioether (sulfide) groups is 1. The second-order valence-electron chi connectivity index (χ2n) is 5.45. The molecule has 1 amide bonds. The molecule has 0 unspecified atom stereocenters. The van der Waals surface area contributed by atoms with Crippen LogP contribution in [0.3, 0.4) is 0 Å². The Balaban J connectivity index is 1.87. The molecule has 0 bridgehead atoms. The third-order valence-corrected chi connectivity index (χ3v) is 5.13. The lowest BCUT2D eigenvalue weighted by atomic mass is 10.1. The van der Waals surface area contributed by atoms with Gasteiger partial charge >= 0.3 is 0 Å². The molecule has 0 atom stereocenters. The highest BCUT2D eigenvalue weighted by Crippen LogP contribution is 2.31. The molecule has 2 aromatic rings. The fourth-order valence-electron chi connectivity index (χ4n) is 2.18. The van der Waals surface area contributed by atoms with E-state index in [4.69, 9.17) is 23.2 Å². The van der Waals surface area contributed by atoms with Crippen molar-refractivity contribution < 1.29 is 4.79 Å². The van der Waals surface area contributed by atoms with Crippen LogP contribution in [-0.4, -0.2) is 11.1 Å². The molecule has 1 saturated heterocycles. The second kappa shape index (κ2) is 7.01. The molecule has 2 aromatic carbocycles. The average molecular weight is 377 g/mol. The summed E-state index contributed by atoms with van der Waals surface area (Å²) in [6.07, 6.45) is 1.77. The number of nitrogens with zero attached hydrogens (tertiary/aromatic N) is 1. The first-order valence-corrected chi connectivity index (χ1v) is 8.81. The Bertz CT molecular complexity index is 891. The molecule has 0 saturated carbocycles. The summed E-state index contributed by atoms with van der Waals surface area (Å²) in [5.74, 6) is -0.171. The summed E-state index contributed by atoms with van der Waals surface area (Å²) >= 11 is 13.2. The van der Waals surface area contributed by atoms with Crippen LogP contribution in [0.15, 0.2) is 46.3 Å². The normalized spacial score (nSPS) is 17.6. The van der Waals surface area contributed by atoms with Crippen LogP contribution in [-0.2, 0) is 4.79 Å². The van der Waals surface area contributed by atoms with Crippen molar-refractivity contribution in [3.8, 4) is 0 Å². The summed E-state index contributed by atoms with van der Waals surface area (Å²) < 4.78 is 0. The molecular formula is C18H14Cl2N2OS. The van der Waals surface area contributed by atoms with Crippen LogP contribution in [0, 0.1) is 13.8 Å². The lowest BCUT2D eigenvalue weighted by molar-refractivity contribution is -0.115. The number of benzene rings is 2. The van der Waals surface area contributed by atoms with Crippen LogP contribution in [0.1, 0.15) is 16.7 Å². The number of amides is 1. The van der Waals surface area contributed by atoms with E-state index in [2.05, 4.69) is 10.3 Å². The number of nitrogens with one attached hydrogen (secondary N) is 1. The maximum atomic E-state index is 12.1. The zero-order chi connectivity index (χ0) is 17.3. The number of rotatable bonds is 2. The van der Waals surface area contributed by atoms with Crippen molar-refractivity contribution in [1.82, 2.24) is 5.32 Å². The highest BCUT2D eigenvalue weighted by Gasteiger charge is 2.24. The fourth-order valence-corrected chi connectivity index (χ4v) is 3.32. The predicted molar refractivity (Wildman–Crippen MR) is 103 cm³/mol. The molecule has 122 valence electrons. The van der Waals surface area contributed by atoms with Crippen molar-refractivity contribution in [1.29, 1.82) is 0 Å². The Kier molecular flexibility index (Phi) is 4.99. The number of carbonyl (C=O) groups is 1. The van der Waals surface area contributed by atoms with Crippen molar-refractivity contribution in [3.05, 3.63) is 68.0 Å². The van der Waals surface area contributed by atoms with Gasteiger partial charge in [-0.3, -0.25) is 4.79 Å². The lowest BCUT2D eigenvalue weighted by Gasteiger charge is -2.02. The molecule has 1 heterocycles. The van der Waals surface area contributed by atoms with Gasteiger partial charge in [0.15, 0.2) is 5.17 Å². The third kappa shape index (κ3) is 3.83. The standard InChI is InChI=1S/C18H14Cl2N2OS/c1-10-3-4-11(2)15(7-10)21-18-22-17(23)16(24-18)9-12-5-6-13(19)14(20)8-12/h3-9H,1-2H3,(H,21,22,23)/b16-9+. The molecule has 0 spiro atoms. The van der Waals surface area contributed by atoms with Crippen LogP contribution in [0.5, 0.6) is 0 Å². The van der Waals surface area contributed by atoms with E-state index in [1.807, 2.05) is 38.1 Å². The first kappa shape index (κ1) is 17.1. The van der Waals surface area contributed by atoms with Gasteiger partial charge in [0.1, 0.15) is 0 Å².